The summed E-state index contributed by atoms with van der Waals surface area (Å²) in [7, 11) is -2.85. The molecule has 0 aliphatic carbocycles. The van der Waals surface area contributed by atoms with E-state index in [2.05, 4.69) is 5.32 Å². The van der Waals surface area contributed by atoms with Gasteiger partial charge in [0.05, 0.1) is 18.3 Å². The van der Waals surface area contributed by atoms with Crippen LogP contribution in [-0.4, -0.2) is 62.6 Å². The lowest BCUT2D eigenvalue weighted by Gasteiger charge is -2.34. The molecular weight excluding hydrogens is 572 g/mol. The number of sulfonamides is 1. The number of hydrogen-bond acceptors (Lipinski definition) is 7. The number of methoxy groups -OCH3 is 1. The molecule has 0 aliphatic rings. The number of rotatable bonds is 14. The van der Waals surface area contributed by atoms with Crippen LogP contribution in [0.2, 0.25) is 0 Å². The molecule has 1 N–H and O–H groups in total. The van der Waals surface area contributed by atoms with Crippen LogP contribution in [0.1, 0.15) is 30.5 Å². The van der Waals surface area contributed by atoms with E-state index in [9.17, 15) is 28.1 Å². The molecule has 0 fully saturated rings. The lowest BCUT2D eigenvalue weighted by Crippen LogP contribution is -2.53. The molecule has 0 aliphatic heterocycles. The summed E-state index contributed by atoms with van der Waals surface area (Å²) in [5.74, 6) is -0.852. The average Bonchev–Trinajstić information content (AvgIpc) is 2.96. The van der Waals surface area contributed by atoms with Gasteiger partial charge in [0.2, 0.25) is 21.8 Å². The van der Waals surface area contributed by atoms with Crippen LogP contribution in [0.5, 0.6) is 5.75 Å². The summed E-state index contributed by atoms with van der Waals surface area (Å²) in [4.78, 5) is 40.2. The van der Waals surface area contributed by atoms with E-state index in [-0.39, 0.29) is 41.9 Å². The molecule has 0 unspecified atom stereocenters. The largest absolute Gasteiger partial charge is 0.495 e. The van der Waals surface area contributed by atoms with Crippen LogP contribution in [-0.2, 0) is 32.6 Å². The van der Waals surface area contributed by atoms with Crippen LogP contribution >= 0.6 is 0 Å². The van der Waals surface area contributed by atoms with E-state index in [1.165, 1.54) is 24.1 Å². The summed E-state index contributed by atoms with van der Waals surface area (Å²) in [5.41, 5.74) is 1.96. The predicted octanol–water partition coefficient (Wildman–Crippen LogP) is 4.09. The molecule has 2 amide bonds. The molecule has 1 atom stereocenters. The Morgan fingerprint density at radius 1 is 1.02 bits per heavy atom. The van der Waals surface area contributed by atoms with Crippen LogP contribution < -0.4 is 14.4 Å². The lowest BCUT2D eigenvalue weighted by atomic mass is 10.0. The fourth-order valence-electron chi connectivity index (χ4n) is 4.53. The van der Waals surface area contributed by atoms with Crippen LogP contribution in [0.15, 0.2) is 72.8 Å². The molecule has 12 heteroatoms. The van der Waals surface area contributed by atoms with Gasteiger partial charge in [-0.15, -0.1) is 0 Å². The first-order valence-electron chi connectivity index (χ1n) is 13.8. The summed E-state index contributed by atoms with van der Waals surface area (Å²) in [6, 6.07) is 19.2. The molecule has 0 spiro atoms. The monoisotopic (exact) mass is 610 g/mol. The third-order valence-electron chi connectivity index (χ3n) is 6.88. The van der Waals surface area contributed by atoms with Crippen molar-refractivity contribution in [2.24, 2.45) is 5.92 Å². The number of carbonyl (C=O) groups is 2. The molecule has 0 bridgehead atoms. The van der Waals surface area contributed by atoms with E-state index in [0.29, 0.717) is 6.54 Å². The van der Waals surface area contributed by atoms with Gasteiger partial charge in [0.25, 0.3) is 5.69 Å². The first kappa shape index (κ1) is 33.1. The lowest BCUT2D eigenvalue weighted by molar-refractivity contribution is -0.384. The molecule has 11 nitrogen and oxygen atoms in total. The Balaban J connectivity index is 2.13. The Morgan fingerprint density at radius 2 is 1.67 bits per heavy atom. The first-order chi connectivity index (χ1) is 20.3. The van der Waals surface area contributed by atoms with Gasteiger partial charge in [0.1, 0.15) is 24.0 Å². The second-order valence-corrected chi connectivity index (χ2v) is 12.6. The number of carbonyl (C=O) groups excluding carboxylic acids is 2. The van der Waals surface area contributed by atoms with Gasteiger partial charge in [0.15, 0.2) is 0 Å². The summed E-state index contributed by atoms with van der Waals surface area (Å²) < 4.78 is 32.2. The van der Waals surface area contributed by atoms with Crippen molar-refractivity contribution in [3.05, 3.63) is 99.6 Å². The number of amides is 2. The molecule has 3 aromatic rings. The number of nitro benzene ring substituents is 1. The van der Waals surface area contributed by atoms with Gasteiger partial charge in [-0.25, -0.2) is 8.42 Å². The number of benzene rings is 3. The zero-order chi connectivity index (χ0) is 31.7. The zero-order valence-electron chi connectivity index (χ0n) is 25.0. The van der Waals surface area contributed by atoms with Gasteiger partial charge in [-0.3, -0.25) is 24.0 Å². The number of nitrogens with zero attached hydrogens (tertiary/aromatic N) is 3. The van der Waals surface area contributed by atoms with Crippen molar-refractivity contribution in [1.82, 2.24) is 10.2 Å². The van der Waals surface area contributed by atoms with E-state index in [1.807, 2.05) is 75.4 Å². The minimum atomic E-state index is -4.15. The van der Waals surface area contributed by atoms with Gasteiger partial charge < -0.3 is 15.0 Å². The van der Waals surface area contributed by atoms with Gasteiger partial charge >= 0.3 is 0 Å². The highest BCUT2D eigenvalue weighted by molar-refractivity contribution is 7.92. The maximum atomic E-state index is 14.2. The molecule has 3 rings (SSSR count). The number of aryl methyl sites for hydroxylation is 1. The van der Waals surface area contributed by atoms with Gasteiger partial charge in [0, 0.05) is 31.6 Å². The van der Waals surface area contributed by atoms with Crippen molar-refractivity contribution in [1.29, 1.82) is 0 Å². The molecule has 0 saturated heterocycles. The standard InChI is InChI=1S/C31H38N4O7S/c1-22(2)19-32-31(37)28(17-24-12-7-6-8-13-24)33(20-25-14-10-9-11-23(25)3)30(36)21-34(43(5,40)41)27-18-26(35(38)39)15-16-29(27)42-4/h6-16,18,22,28H,17,19-21H2,1-5H3,(H,32,37)/t28-/m1/s1. The van der Waals surface area contributed by atoms with E-state index < -0.39 is 33.4 Å². The Bertz CT molecular complexity index is 1540. The summed E-state index contributed by atoms with van der Waals surface area (Å²) >= 11 is 0. The Morgan fingerprint density at radius 3 is 2.26 bits per heavy atom. The van der Waals surface area contributed by atoms with Crippen LogP contribution in [0.25, 0.3) is 0 Å². The fraction of sp³-hybridized carbons (Fsp3) is 0.355. The topological polar surface area (TPSA) is 139 Å². The second kappa shape index (κ2) is 14.6. The number of nitro groups is 1. The highest BCUT2D eigenvalue weighted by Gasteiger charge is 2.34. The Kier molecular flexibility index (Phi) is 11.2. The number of hydrogen-bond donors (Lipinski definition) is 1. The fourth-order valence-corrected chi connectivity index (χ4v) is 5.37. The van der Waals surface area contributed by atoms with Crippen molar-refractivity contribution in [2.75, 3.05) is 30.8 Å². The van der Waals surface area contributed by atoms with Gasteiger partial charge in [-0.2, -0.15) is 0 Å². The van der Waals surface area contributed by atoms with E-state index in [1.54, 1.807) is 0 Å². The van der Waals surface area contributed by atoms with Crippen molar-refractivity contribution in [3.63, 3.8) is 0 Å². The minimum absolute atomic E-state index is 0.0295. The van der Waals surface area contributed by atoms with Gasteiger partial charge in [-0.05, 0) is 35.6 Å². The molecule has 0 radical (unpaired) electrons. The van der Waals surface area contributed by atoms with Gasteiger partial charge in [-0.1, -0.05) is 68.4 Å². The summed E-state index contributed by atoms with van der Waals surface area (Å²) in [5, 5.41) is 14.4. The predicted molar refractivity (Wildman–Crippen MR) is 165 cm³/mol. The Labute approximate surface area is 252 Å². The van der Waals surface area contributed by atoms with E-state index >= 15 is 0 Å². The summed E-state index contributed by atoms with van der Waals surface area (Å²) in [6.07, 6.45) is 1.09. The molecular formula is C31H38N4O7S. The van der Waals surface area contributed by atoms with Crippen LogP contribution in [0.4, 0.5) is 11.4 Å². The average molecular weight is 611 g/mol. The third-order valence-corrected chi connectivity index (χ3v) is 8.01. The van der Waals surface area contributed by atoms with E-state index in [4.69, 9.17) is 4.74 Å². The summed E-state index contributed by atoms with van der Waals surface area (Å²) in [6.45, 7) is 5.50. The first-order valence-corrected chi connectivity index (χ1v) is 15.6. The Hall–Kier alpha value is -4.45. The molecule has 3 aromatic carbocycles. The SMILES string of the molecule is COc1ccc([N+](=O)[O-])cc1N(CC(=O)N(Cc1ccccc1C)[C@H](Cc1ccccc1)C(=O)NCC(C)C)S(C)(=O)=O. The van der Waals surface area contributed by atoms with Crippen molar-refractivity contribution in [2.45, 2.75) is 39.8 Å². The molecule has 230 valence electrons. The maximum Gasteiger partial charge on any atom is 0.271 e. The molecule has 43 heavy (non-hydrogen) atoms. The molecule has 0 aromatic heterocycles. The van der Waals surface area contributed by atoms with Crippen molar-refractivity contribution < 1.29 is 27.7 Å². The minimum Gasteiger partial charge on any atom is -0.495 e. The molecule has 0 heterocycles. The highest BCUT2D eigenvalue weighted by atomic mass is 32.2. The number of nitrogens with one attached hydrogen (secondary N) is 1. The molecule has 0 saturated carbocycles. The zero-order valence-corrected chi connectivity index (χ0v) is 25.8. The second-order valence-electron chi connectivity index (χ2n) is 10.7. The van der Waals surface area contributed by atoms with Crippen LogP contribution in [0.3, 0.4) is 0 Å². The third kappa shape index (κ3) is 9.02. The number of non-ortho nitro benzene ring substituents is 1. The van der Waals surface area contributed by atoms with Crippen molar-refractivity contribution in [3.8, 4) is 5.75 Å². The maximum absolute atomic E-state index is 14.2. The number of anilines is 1. The van der Waals surface area contributed by atoms with Crippen LogP contribution in [0, 0.1) is 23.0 Å². The van der Waals surface area contributed by atoms with E-state index in [0.717, 1.165) is 33.3 Å². The normalized spacial score (nSPS) is 12.0. The quantitative estimate of drug-likeness (QED) is 0.214. The van der Waals surface area contributed by atoms with Crippen molar-refractivity contribution >= 4 is 33.2 Å². The number of ether oxygens (including phenoxy) is 1. The smallest absolute Gasteiger partial charge is 0.271 e. The highest BCUT2D eigenvalue weighted by Crippen LogP contribution is 2.34.